The standard InChI is InChI=1S/C13H19NO.C2H6/c1-4-10-5-6-11-12(7-10)14-9(3)8(2)13(11)15;1-2/h10H,4-7H2,1-3H3,(H,14,15);1-2H3. The predicted octanol–water partition coefficient (Wildman–Crippen LogP) is 3.53. The first kappa shape index (κ1) is 14.0. The van der Waals surface area contributed by atoms with Gasteiger partial charge in [-0.3, -0.25) is 4.79 Å². The third-order valence-corrected chi connectivity index (χ3v) is 3.75. The molecule has 2 heteroatoms. The van der Waals surface area contributed by atoms with Crippen molar-refractivity contribution in [3.8, 4) is 0 Å². The highest BCUT2D eigenvalue weighted by atomic mass is 16.1. The molecule has 0 saturated heterocycles. The number of aryl methyl sites for hydroxylation is 1. The van der Waals surface area contributed by atoms with E-state index in [9.17, 15) is 4.79 Å². The van der Waals surface area contributed by atoms with Crippen molar-refractivity contribution in [3.63, 3.8) is 0 Å². The Morgan fingerprint density at radius 3 is 2.53 bits per heavy atom. The fraction of sp³-hybridized carbons (Fsp3) is 0.667. The van der Waals surface area contributed by atoms with Crippen LogP contribution in [0.15, 0.2) is 4.79 Å². The number of aromatic nitrogens is 1. The van der Waals surface area contributed by atoms with Crippen molar-refractivity contribution in [2.45, 2.75) is 60.3 Å². The van der Waals surface area contributed by atoms with Crippen LogP contribution in [-0.4, -0.2) is 4.98 Å². The lowest BCUT2D eigenvalue weighted by Crippen LogP contribution is -2.25. The maximum absolute atomic E-state index is 12.0. The zero-order valence-corrected chi connectivity index (χ0v) is 11.8. The minimum atomic E-state index is 0.274. The summed E-state index contributed by atoms with van der Waals surface area (Å²) >= 11 is 0. The molecule has 0 bridgehead atoms. The first-order valence-electron chi connectivity index (χ1n) is 6.84. The second kappa shape index (κ2) is 6.04. The van der Waals surface area contributed by atoms with Gasteiger partial charge in [-0.15, -0.1) is 0 Å². The Bertz CT molecular complexity index is 431. The number of fused-ring (bicyclic) bond motifs is 1. The molecule has 1 aliphatic carbocycles. The molecule has 1 aromatic rings. The Morgan fingerprint density at radius 1 is 1.29 bits per heavy atom. The van der Waals surface area contributed by atoms with Crippen LogP contribution in [0.3, 0.4) is 0 Å². The Labute approximate surface area is 104 Å². The van der Waals surface area contributed by atoms with Crippen molar-refractivity contribution in [3.05, 3.63) is 32.7 Å². The van der Waals surface area contributed by atoms with Crippen molar-refractivity contribution in [2.75, 3.05) is 0 Å². The van der Waals surface area contributed by atoms with E-state index in [-0.39, 0.29) is 5.43 Å². The van der Waals surface area contributed by atoms with Gasteiger partial charge in [-0.1, -0.05) is 27.2 Å². The van der Waals surface area contributed by atoms with Gasteiger partial charge in [0.2, 0.25) is 0 Å². The molecule has 0 aliphatic heterocycles. The number of aromatic amines is 1. The minimum Gasteiger partial charge on any atom is -0.362 e. The molecule has 17 heavy (non-hydrogen) atoms. The third-order valence-electron chi connectivity index (χ3n) is 3.75. The zero-order chi connectivity index (χ0) is 13.0. The molecule has 0 saturated carbocycles. The van der Waals surface area contributed by atoms with Crippen LogP contribution >= 0.6 is 0 Å². The highest BCUT2D eigenvalue weighted by Crippen LogP contribution is 2.24. The summed E-state index contributed by atoms with van der Waals surface area (Å²) in [5.41, 5.74) is 4.44. The number of rotatable bonds is 1. The highest BCUT2D eigenvalue weighted by Gasteiger charge is 2.21. The fourth-order valence-corrected chi connectivity index (χ4v) is 2.46. The lowest BCUT2D eigenvalue weighted by atomic mass is 9.84. The molecule has 0 spiro atoms. The normalized spacial score (nSPS) is 18.1. The molecule has 1 heterocycles. The van der Waals surface area contributed by atoms with Gasteiger partial charge in [-0.25, -0.2) is 0 Å². The van der Waals surface area contributed by atoms with Crippen molar-refractivity contribution >= 4 is 0 Å². The molecule has 96 valence electrons. The number of hydrogen-bond acceptors (Lipinski definition) is 1. The molecular formula is C15H25NO. The quantitative estimate of drug-likeness (QED) is 0.793. The van der Waals surface area contributed by atoms with Gasteiger partial charge in [0.05, 0.1) is 0 Å². The number of nitrogens with one attached hydrogen (secondary N) is 1. The van der Waals surface area contributed by atoms with E-state index in [4.69, 9.17) is 0 Å². The first-order valence-corrected chi connectivity index (χ1v) is 6.84. The summed E-state index contributed by atoms with van der Waals surface area (Å²) in [5.74, 6) is 0.759. The van der Waals surface area contributed by atoms with Gasteiger partial charge in [-0.2, -0.15) is 0 Å². The van der Waals surface area contributed by atoms with Gasteiger partial charge in [-0.05, 0) is 39.0 Å². The van der Waals surface area contributed by atoms with E-state index >= 15 is 0 Å². The van der Waals surface area contributed by atoms with Crippen LogP contribution in [0.25, 0.3) is 0 Å². The summed E-state index contributed by atoms with van der Waals surface area (Å²) in [6.07, 6.45) is 4.41. The maximum atomic E-state index is 12.0. The fourth-order valence-electron chi connectivity index (χ4n) is 2.46. The van der Waals surface area contributed by atoms with E-state index in [0.717, 1.165) is 35.6 Å². The van der Waals surface area contributed by atoms with Gasteiger partial charge in [0.15, 0.2) is 5.43 Å². The maximum Gasteiger partial charge on any atom is 0.188 e. The number of pyridine rings is 1. The highest BCUT2D eigenvalue weighted by molar-refractivity contribution is 5.31. The van der Waals surface area contributed by atoms with Crippen LogP contribution in [-0.2, 0) is 12.8 Å². The van der Waals surface area contributed by atoms with Crippen LogP contribution in [0.2, 0.25) is 0 Å². The lowest BCUT2D eigenvalue weighted by Gasteiger charge is -2.23. The average molecular weight is 235 g/mol. The number of hydrogen-bond donors (Lipinski definition) is 1. The Morgan fingerprint density at radius 2 is 1.94 bits per heavy atom. The Hall–Kier alpha value is -1.05. The molecule has 1 aromatic heterocycles. The summed E-state index contributed by atoms with van der Waals surface area (Å²) in [6, 6.07) is 0. The third kappa shape index (κ3) is 2.80. The second-order valence-corrected chi connectivity index (χ2v) is 4.68. The van der Waals surface area contributed by atoms with Gasteiger partial charge in [0.25, 0.3) is 0 Å². The summed E-state index contributed by atoms with van der Waals surface area (Å²) in [4.78, 5) is 15.4. The number of H-pyrrole nitrogens is 1. The summed E-state index contributed by atoms with van der Waals surface area (Å²) < 4.78 is 0. The molecule has 0 radical (unpaired) electrons. The van der Waals surface area contributed by atoms with E-state index in [1.807, 2.05) is 27.7 Å². The summed E-state index contributed by atoms with van der Waals surface area (Å²) in [5, 5.41) is 0. The minimum absolute atomic E-state index is 0.274. The summed E-state index contributed by atoms with van der Waals surface area (Å²) in [6.45, 7) is 10.1. The van der Waals surface area contributed by atoms with Crippen molar-refractivity contribution < 1.29 is 0 Å². The van der Waals surface area contributed by atoms with E-state index < -0.39 is 0 Å². The molecular weight excluding hydrogens is 210 g/mol. The van der Waals surface area contributed by atoms with Crippen LogP contribution < -0.4 is 5.43 Å². The predicted molar refractivity (Wildman–Crippen MR) is 73.7 cm³/mol. The molecule has 0 amide bonds. The van der Waals surface area contributed by atoms with E-state index in [0.29, 0.717) is 0 Å². The van der Waals surface area contributed by atoms with Gasteiger partial charge < -0.3 is 4.98 Å². The molecule has 0 fully saturated rings. The molecule has 1 atom stereocenters. The molecule has 1 N–H and O–H groups in total. The van der Waals surface area contributed by atoms with Crippen LogP contribution in [0.1, 0.15) is 56.1 Å². The van der Waals surface area contributed by atoms with Crippen molar-refractivity contribution in [2.24, 2.45) is 5.92 Å². The monoisotopic (exact) mass is 235 g/mol. The average Bonchev–Trinajstić information content (AvgIpc) is 2.38. The largest absolute Gasteiger partial charge is 0.362 e. The first-order chi connectivity index (χ1) is 8.13. The van der Waals surface area contributed by atoms with E-state index in [1.165, 1.54) is 18.5 Å². The van der Waals surface area contributed by atoms with Gasteiger partial charge in [0.1, 0.15) is 0 Å². The van der Waals surface area contributed by atoms with Crippen LogP contribution in [0, 0.1) is 19.8 Å². The SMILES string of the molecule is CC.CCC1CCc2c([nH]c(C)c(C)c2=O)C1. The molecule has 0 aromatic carbocycles. The molecule has 2 rings (SSSR count). The topological polar surface area (TPSA) is 32.9 Å². The van der Waals surface area contributed by atoms with Crippen molar-refractivity contribution in [1.82, 2.24) is 4.98 Å². The lowest BCUT2D eigenvalue weighted by molar-refractivity contribution is 0.436. The second-order valence-electron chi connectivity index (χ2n) is 4.68. The molecule has 1 aliphatic rings. The summed E-state index contributed by atoms with van der Waals surface area (Å²) in [7, 11) is 0. The molecule has 2 nitrogen and oxygen atoms in total. The zero-order valence-electron chi connectivity index (χ0n) is 11.8. The van der Waals surface area contributed by atoms with Crippen LogP contribution in [0.5, 0.6) is 0 Å². The van der Waals surface area contributed by atoms with E-state index in [2.05, 4.69) is 11.9 Å². The van der Waals surface area contributed by atoms with E-state index in [1.54, 1.807) is 0 Å². The van der Waals surface area contributed by atoms with Crippen molar-refractivity contribution in [1.29, 1.82) is 0 Å². The van der Waals surface area contributed by atoms with Gasteiger partial charge >= 0.3 is 0 Å². The Balaban J connectivity index is 0.000000686. The van der Waals surface area contributed by atoms with Gasteiger partial charge in [0, 0.05) is 22.5 Å². The smallest absolute Gasteiger partial charge is 0.188 e. The van der Waals surface area contributed by atoms with Crippen LogP contribution in [0.4, 0.5) is 0 Å². The Kier molecular flexibility index (Phi) is 4.98. The molecule has 1 unspecified atom stereocenters.